The second-order valence-electron chi connectivity index (χ2n) is 7.64. The van der Waals surface area contributed by atoms with Crippen molar-refractivity contribution < 1.29 is 28.2 Å². The number of hydrogen-bond acceptors (Lipinski definition) is 8. The molecule has 0 saturated carbocycles. The summed E-state index contributed by atoms with van der Waals surface area (Å²) >= 11 is 0. The van der Waals surface area contributed by atoms with Crippen LogP contribution in [-0.2, 0) is 11.3 Å². The number of ether oxygens (including phenoxy) is 3. The molecule has 1 aliphatic heterocycles. The monoisotopic (exact) mass is 478 g/mol. The van der Waals surface area contributed by atoms with Crippen LogP contribution in [0.15, 0.2) is 64.6 Å². The van der Waals surface area contributed by atoms with Gasteiger partial charge >= 0.3 is 6.09 Å². The summed E-state index contributed by atoms with van der Waals surface area (Å²) in [4.78, 5) is 28.5. The van der Waals surface area contributed by atoms with Gasteiger partial charge in [-0.25, -0.2) is 9.78 Å². The largest absolute Gasteiger partial charge is 0.493 e. The lowest BCUT2D eigenvalue weighted by Gasteiger charge is -2.29. The topological polar surface area (TPSA) is 115 Å². The number of benzene rings is 2. The molecule has 2 amide bonds. The summed E-state index contributed by atoms with van der Waals surface area (Å²) in [6.45, 7) is 4.55. The number of carbonyl (C=O) groups excluding carboxylic acids is 2. The fourth-order valence-corrected chi connectivity index (χ4v) is 3.58. The van der Waals surface area contributed by atoms with Gasteiger partial charge in [0.2, 0.25) is 5.76 Å². The average molecular weight is 479 g/mol. The number of nitrogens with zero attached hydrogens (tertiary/aromatic N) is 3. The minimum atomic E-state index is -0.527. The van der Waals surface area contributed by atoms with Crippen molar-refractivity contribution in [1.29, 1.82) is 0 Å². The Bertz CT molecular complexity index is 1210. The molecule has 10 heteroatoms. The molecule has 0 fully saturated rings. The van der Waals surface area contributed by atoms with Gasteiger partial charge in [0.05, 0.1) is 26.5 Å². The van der Waals surface area contributed by atoms with E-state index in [2.05, 4.69) is 15.4 Å². The number of hydrazone groups is 1. The first-order valence-electron chi connectivity index (χ1n) is 11.2. The number of methoxy groups -OCH3 is 1. The highest BCUT2D eigenvalue weighted by Gasteiger charge is 2.31. The molecule has 2 aromatic carbocycles. The van der Waals surface area contributed by atoms with Crippen molar-refractivity contribution in [2.24, 2.45) is 5.10 Å². The fourth-order valence-electron chi connectivity index (χ4n) is 3.58. The van der Waals surface area contributed by atoms with Crippen molar-refractivity contribution in [1.82, 2.24) is 9.99 Å². The molecule has 0 saturated heterocycles. The van der Waals surface area contributed by atoms with Gasteiger partial charge in [-0.3, -0.25) is 4.79 Å². The van der Waals surface area contributed by atoms with Gasteiger partial charge in [-0.15, -0.1) is 0 Å². The van der Waals surface area contributed by atoms with Gasteiger partial charge < -0.3 is 23.9 Å². The van der Waals surface area contributed by atoms with E-state index in [9.17, 15) is 9.59 Å². The quantitative estimate of drug-likeness (QED) is 0.482. The number of cyclic esters (lactones) is 1. The van der Waals surface area contributed by atoms with Crippen LogP contribution in [0.4, 0.5) is 10.5 Å². The molecule has 35 heavy (non-hydrogen) atoms. The van der Waals surface area contributed by atoms with Crippen LogP contribution in [0.2, 0.25) is 0 Å². The zero-order valence-corrected chi connectivity index (χ0v) is 19.7. The van der Waals surface area contributed by atoms with Crippen LogP contribution >= 0.6 is 0 Å². The molecule has 0 radical (unpaired) electrons. The Balaban J connectivity index is 1.52. The first-order valence-corrected chi connectivity index (χ1v) is 11.2. The summed E-state index contributed by atoms with van der Waals surface area (Å²) in [5.41, 5.74) is 2.79. The Kier molecular flexibility index (Phi) is 7.30. The summed E-state index contributed by atoms with van der Waals surface area (Å²) in [5, 5.41) is 8.63. The van der Waals surface area contributed by atoms with E-state index in [4.69, 9.17) is 18.6 Å². The molecule has 1 atom stereocenters. The Morgan fingerprint density at radius 2 is 1.94 bits per heavy atom. The second-order valence-corrected chi connectivity index (χ2v) is 7.64. The highest BCUT2D eigenvalue weighted by molar-refractivity contribution is 6.06. The molecule has 0 spiro atoms. The molecule has 1 aliphatic rings. The number of amides is 2. The normalized spacial score (nSPS) is 15.3. The van der Waals surface area contributed by atoms with E-state index in [1.54, 1.807) is 31.4 Å². The minimum absolute atomic E-state index is 0.114. The third kappa shape index (κ3) is 5.43. The van der Waals surface area contributed by atoms with Crippen molar-refractivity contribution in [2.75, 3.05) is 19.0 Å². The number of anilines is 1. The first kappa shape index (κ1) is 23.8. The van der Waals surface area contributed by atoms with Crippen LogP contribution in [0.5, 0.6) is 11.5 Å². The van der Waals surface area contributed by atoms with Gasteiger partial charge in [0.1, 0.15) is 11.8 Å². The molecule has 3 aromatic rings. The number of aromatic nitrogens is 1. The highest BCUT2D eigenvalue weighted by atomic mass is 16.6. The summed E-state index contributed by atoms with van der Waals surface area (Å²) in [6.07, 6.45) is 2.10. The van der Waals surface area contributed by atoms with Gasteiger partial charge in [0, 0.05) is 11.3 Å². The maximum atomic E-state index is 12.6. The average Bonchev–Trinajstić information content (AvgIpc) is 3.42. The van der Waals surface area contributed by atoms with Crippen LogP contribution in [0, 0.1) is 0 Å². The molecule has 4 rings (SSSR count). The van der Waals surface area contributed by atoms with Crippen molar-refractivity contribution in [3.05, 3.63) is 71.9 Å². The molecule has 182 valence electrons. The van der Waals surface area contributed by atoms with Crippen molar-refractivity contribution in [3.8, 4) is 11.5 Å². The number of rotatable bonds is 9. The third-order valence-electron chi connectivity index (χ3n) is 5.32. The zero-order chi connectivity index (χ0) is 24.8. The minimum Gasteiger partial charge on any atom is -0.493 e. The van der Waals surface area contributed by atoms with E-state index in [0.29, 0.717) is 35.9 Å². The zero-order valence-electron chi connectivity index (χ0n) is 19.7. The van der Waals surface area contributed by atoms with E-state index in [1.807, 2.05) is 32.0 Å². The lowest BCUT2D eigenvalue weighted by molar-refractivity contribution is 0.0712. The number of oxazole rings is 1. The van der Waals surface area contributed by atoms with Crippen LogP contribution in [0.3, 0.4) is 0 Å². The molecule has 2 heterocycles. The predicted molar refractivity (Wildman–Crippen MR) is 128 cm³/mol. The van der Waals surface area contributed by atoms with Crippen LogP contribution in [0.1, 0.15) is 41.9 Å². The summed E-state index contributed by atoms with van der Waals surface area (Å²) in [6, 6.07) is 12.6. The molecule has 0 aliphatic carbocycles. The second kappa shape index (κ2) is 10.7. The Hall–Kier alpha value is -4.34. The highest BCUT2D eigenvalue weighted by Crippen LogP contribution is 2.30. The van der Waals surface area contributed by atoms with Gasteiger partial charge in [-0.1, -0.05) is 19.1 Å². The Labute approximate surface area is 202 Å². The maximum absolute atomic E-state index is 12.6. The van der Waals surface area contributed by atoms with Crippen molar-refractivity contribution in [2.45, 2.75) is 32.9 Å². The number of carbonyl (C=O) groups is 2. The van der Waals surface area contributed by atoms with Gasteiger partial charge in [0.15, 0.2) is 17.9 Å². The molecule has 10 nitrogen and oxygen atoms in total. The van der Waals surface area contributed by atoms with E-state index in [1.165, 1.54) is 17.6 Å². The molecule has 1 unspecified atom stereocenters. The van der Waals surface area contributed by atoms with Crippen LogP contribution in [-0.4, -0.2) is 47.5 Å². The van der Waals surface area contributed by atoms with Crippen molar-refractivity contribution in [3.63, 3.8) is 0 Å². The predicted octanol–water partition coefficient (Wildman–Crippen LogP) is 4.47. The lowest BCUT2D eigenvalue weighted by Crippen LogP contribution is -2.41. The summed E-state index contributed by atoms with van der Waals surface area (Å²) < 4.78 is 21.7. The molecule has 1 aromatic heterocycles. The Morgan fingerprint density at radius 3 is 2.60 bits per heavy atom. The van der Waals surface area contributed by atoms with Gasteiger partial charge in [0.25, 0.3) is 5.91 Å². The van der Waals surface area contributed by atoms with Crippen molar-refractivity contribution >= 4 is 23.4 Å². The maximum Gasteiger partial charge on any atom is 0.431 e. The molecular weight excluding hydrogens is 452 g/mol. The van der Waals surface area contributed by atoms with Gasteiger partial charge in [-0.05, 0) is 49.2 Å². The first-order chi connectivity index (χ1) is 17.0. The number of hydrogen-bond donors (Lipinski definition) is 1. The van der Waals surface area contributed by atoms with E-state index >= 15 is 0 Å². The fraction of sp³-hybridized carbons (Fsp3) is 0.280. The Morgan fingerprint density at radius 1 is 1.14 bits per heavy atom. The van der Waals surface area contributed by atoms with E-state index in [-0.39, 0.29) is 12.3 Å². The van der Waals surface area contributed by atoms with Crippen LogP contribution in [0.25, 0.3) is 0 Å². The molecule has 1 N–H and O–H groups in total. The SMILES string of the molecule is CCOc1ccc(C2=NN(Cc3ccc(NC(=O)c4cnco4)cc3)C(=O)OC2CC)cc1OC. The molecular formula is C25H26N4O6. The van der Waals surface area contributed by atoms with Gasteiger partial charge in [-0.2, -0.15) is 10.1 Å². The molecule has 0 bridgehead atoms. The lowest BCUT2D eigenvalue weighted by atomic mass is 10.0. The summed E-state index contributed by atoms with van der Waals surface area (Å²) in [7, 11) is 1.57. The van der Waals surface area contributed by atoms with E-state index < -0.39 is 18.1 Å². The van der Waals surface area contributed by atoms with Crippen LogP contribution < -0.4 is 14.8 Å². The third-order valence-corrected chi connectivity index (χ3v) is 5.32. The van der Waals surface area contributed by atoms with E-state index in [0.717, 1.165) is 11.1 Å². The smallest absolute Gasteiger partial charge is 0.431 e. The standard InChI is InChI=1S/C25H26N4O6/c1-4-19-23(17-8-11-20(33-5-2)21(12-17)32-3)28-29(25(31)35-19)14-16-6-9-18(10-7-16)27-24(30)22-13-26-15-34-22/h6-13,15,19H,4-5,14H2,1-3H3,(H,27,30). The number of nitrogens with one attached hydrogen (secondary N) is 1. The summed E-state index contributed by atoms with van der Waals surface area (Å²) in [5.74, 6) is 0.921.